The van der Waals surface area contributed by atoms with Crippen molar-refractivity contribution < 1.29 is 14.6 Å². The number of nitrogens with zero attached hydrogens (tertiary/aromatic N) is 3. The van der Waals surface area contributed by atoms with Gasteiger partial charge in [0.2, 0.25) is 0 Å². The first-order chi connectivity index (χ1) is 11.2. The summed E-state index contributed by atoms with van der Waals surface area (Å²) in [5.74, 6) is 0.0809. The lowest BCUT2D eigenvalue weighted by molar-refractivity contribution is 0.0590. The van der Waals surface area contributed by atoms with E-state index < -0.39 is 5.97 Å². The summed E-state index contributed by atoms with van der Waals surface area (Å²) in [5.41, 5.74) is 2.89. The number of ether oxygens (including phenoxy) is 1. The fourth-order valence-corrected chi connectivity index (χ4v) is 2.65. The minimum absolute atomic E-state index is 0.113. The second-order valence-corrected chi connectivity index (χ2v) is 5.65. The van der Waals surface area contributed by atoms with Crippen LogP contribution in [0.15, 0.2) is 36.4 Å². The average Bonchev–Trinajstić information content (AvgIpc) is 3.33. The van der Waals surface area contributed by atoms with Crippen molar-refractivity contribution in [2.24, 2.45) is 0 Å². The van der Waals surface area contributed by atoms with Crippen LogP contribution in [-0.2, 0) is 4.74 Å². The third-order valence-corrected chi connectivity index (χ3v) is 4.02. The van der Waals surface area contributed by atoms with Crippen LogP contribution in [0, 0.1) is 0 Å². The third-order valence-electron chi connectivity index (χ3n) is 4.02. The van der Waals surface area contributed by atoms with Crippen molar-refractivity contribution in [3.8, 4) is 17.0 Å². The van der Waals surface area contributed by atoms with Crippen LogP contribution < -0.4 is 0 Å². The van der Waals surface area contributed by atoms with E-state index in [0.717, 1.165) is 18.5 Å². The molecule has 2 heterocycles. The van der Waals surface area contributed by atoms with Crippen LogP contribution in [0.4, 0.5) is 0 Å². The molecule has 6 nitrogen and oxygen atoms in total. The number of hydrogen-bond acceptors (Lipinski definition) is 5. The van der Waals surface area contributed by atoms with Crippen LogP contribution in [0.2, 0.25) is 0 Å². The zero-order chi connectivity index (χ0) is 16.0. The minimum Gasteiger partial charge on any atom is -0.507 e. The SMILES string of the molecule is COC(=O)c1cc(-c2ccccc2O)nc2cc(C3CC3)nn12. The van der Waals surface area contributed by atoms with Crippen molar-refractivity contribution in [3.63, 3.8) is 0 Å². The molecule has 0 radical (unpaired) electrons. The predicted octanol–water partition coefficient (Wildman–Crippen LogP) is 2.77. The summed E-state index contributed by atoms with van der Waals surface area (Å²) >= 11 is 0. The van der Waals surface area contributed by atoms with Gasteiger partial charge in [0.05, 0.1) is 18.5 Å². The summed E-state index contributed by atoms with van der Waals surface area (Å²) < 4.78 is 6.38. The van der Waals surface area contributed by atoms with Crippen molar-refractivity contribution in [2.75, 3.05) is 7.11 Å². The van der Waals surface area contributed by atoms with Gasteiger partial charge in [-0.3, -0.25) is 0 Å². The summed E-state index contributed by atoms with van der Waals surface area (Å²) in [6, 6.07) is 10.4. The first-order valence-electron chi connectivity index (χ1n) is 7.45. The highest BCUT2D eigenvalue weighted by atomic mass is 16.5. The van der Waals surface area contributed by atoms with E-state index in [4.69, 9.17) is 4.74 Å². The second kappa shape index (κ2) is 5.08. The molecule has 0 saturated heterocycles. The molecule has 3 aromatic rings. The second-order valence-electron chi connectivity index (χ2n) is 5.65. The molecule has 4 rings (SSSR count). The van der Waals surface area contributed by atoms with Gasteiger partial charge in [-0.15, -0.1) is 0 Å². The van der Waals surface area contributed by atoms with E-state index in [9.17, 15) is 9.90 Å². The zero-order valence-corrected chi connectivity index (χ0v) is 12.6. The van der Waals surface area contributed by atoms with E-state index in [0.29, 0.717) is 28.5 Å². The van der Waals surface area contributed by atoms with E-state index in [-0.39, 0.29) is 5.75 Å². The van der Waals surface area contributed by atoms with Crippen molar-refractivity contribution in [1.82, 2.24) is 14.6 Å². The van der Waals surface area contributed by atoms with Gasteiger partial charge in [-0.1, -0.05) is 12.1 Å². The average molecular weight is 309 g/mol. The number of carbonyl (C=O) groups is 1. The van der Waals surface area contributed by atoms with Gasteiger partial charge in [-0.05, 0) is 31.0 Å². The Morgan fingerprint density at radius 1 is 1.30 bits per heavy atom. The highest BCUT2D eigenvalue weighted by molar-refractivity contribution is 5.90. The first-order valence-corrected chi connectivity index (χ1v) is 7.45. The van der Waals surface area contributed by atoms with Crippen molar-refractivity contribution in [3.05, 3.63) is 47.8 Å². The van der Waals surface area contributed by atoms with Gasteiger partial charge in [-0.2, -0.15) is 5.10 Å². The number of fused-ring (bicyclic) bond motifs is 1. The van der Waals surface area contributed by atoms with Crippen LogP contribution in [0.25, 0.3) is 16.9 Å². The quantitative estimate of drug-likeness (QED) is 0.753. The van der Waals surface area contributed by atoms with Gasteiger partial charge in [0.25, 0.3) is 0 Å². The standard InChI is InChI=1S/C17H15N3O3/c1-23-17(22)14-8-13(11-4-2-3-5-15(11)21)18-16-9-12(10-6-7-10)19-20(14)16/h2-5,8-10,21H,6-7H2,1H3. The lowest BCUT2D eigenvalue weighted by Crippen LogP contribution is -2.10. The summed E-state index contributed by atoms with van der Waals surface area (Å²) in [6.07, 6.45) is 2.23. The Hall–Kier alpha value is -2.89. The first kappa shape index (κ1) is 13.8. The molecule has 0 bridgehead atoms. The van der Waals surface area contributed by atoms with E-state index in [1.165, 1.54) is 11.6 Å². The Morgan fingerprint density at radius 3 is 2.78 bits per heavy atom. The molecular weight excluding hydrogens is 294 g/mol. The summed E-state index contributed by atoms with van der Waals surface area (Å²) in [6.45, 7) is 0. The molecule has 1 aromatic carbocycles. The number of aromatic hydroxyl groups is 1. The van der Waals surface area contributed by atoms with Crippen LogP contribution in [0.1, 0.15) is 34.9 Å². The van der Waals surface area contributed by atoms with Crippen LogP contribution in [0.3, 0.4) is 0 Å². The molecule has 0 amide bonds. The lowest BCUT2D eigenvalue weighted by Gasteiger charge is -2.07. The molecule has 1 aliphatic rings. The molecule has 23 heavy (non-hydrogen) atoms. The number of esters is 1. The smallest absolute Gasteiger partial charge is 0.356 e. The largest absolute Gasteiger partial charge is 0.507 e. The molecular formula is C17H15N3O3. The number of phenols is 1. The molecule has 0 unspecified atom stereocenters. The topological polar surface area (TPSA) is 76.7 Å². The van der Waals surface area contributed by atoms with Crippen molar-refractivity contribution in [1.29, 1.82) is 0 Å². The Bertz CT molecular complexity index is 913. The molecule has 0 spiro atoms. The number of phenolic OH excluding ortho intramolecular Hbond substituents is 1. The third kappa shape index (κ3) is 2.32. The molecule has 0 atom stereocenters. The maximum Gasteiger partial charge on any atom is 0.356 e. The van der Waals surface area contributed by atoms with E-state index in [1.807, 2.05) is 12.1 Å². The number of aromatic nitrogens is 3. The molecule has 6 heteroatoms. The molecule has 1 saturated carbocycles. The minimum atomic E-state index is -0.487. The van der Waals surface area contributed by atoms with Crippen molar-refractivity contribution in [2.45, 2.75) is 18.8 Å². The van der Waals surface area contributed by atoms with Gasteiger partial charge in [0.1, 0.15) is 5.75 Å². The molecule has 0 aliphatic heterocycles. The van der Waals surface area contributed by atoms with E-state index in [2.05, 4.69) is 10.1 Å². The molecule has 116 valence electrons. The predicted molar refractivity (Wildman–Crippen MR) is 83.4 cm³/mol. The number of para-hydroxylation sites is 1. The molecule has 1 aliphatic carbocycles. The lowest BCUT2D eigenvalue weighted by atomic mass is 10.1. The Labute approximate surface area is 132 Å². The van der Waals surface area contributed by atoms with Crippen LogP contribution in [-0.4, -0.2) is 32.8 Å². The zero-order valence-electron chi connectivity index (χ0n) is 12.6. The normalized spacial score (nSPS) is 14.1. The Balaban J connectivity index is 1.95. The van der Waals surface area contributed by atoms with Gasteiger partial charge >= 0.3 is 5.97 Å². The van der Waals surface area contributed by atoms with Crippen LogP contribution >= 0.6 is 0 Å². The number of benzene rings is 1. The highest BCUT2D eigenvalue weighted by Crippen LogP contribution is 2.39. The Kier molecular flexibility index (Phi) is 3.04. The fourth-order valence-electron chi connectivity index (χ4n) is 2.65. The summed E-state index contributed by atoms with van der Waals surface area (Å²) in [7, 11) is 1.33. The van der Waals surface area contributed by atoms with E-state index in [1.54, 1.807) is 24.3 Å². The monoisotopic (exact) mass is 309 g/mol. The van der Waals surface area contributed by atoms with Gasteiger partial charge in [0.15, 0.2) is 11.3 Å². The highest BCUT2D eigenvalue weighted by Gasteiger charge is 2.28. The summed E-state index contributed by atoms with van der Waals surface area (Å²) in [5, 5.41) is 14.5. The fraction of sp³-hybridized carbons (Fsp3) is 0.235. The number of rotatable bonds is 3. The maximum atomic E-state index is 12.1. The number of methoxy groups -OCH3 is 1. The van der Waals surface area contributed by atoms with Gasteiger partial charge in [0, 0.05) is 17.5 Å². The maximum absolute atomic E-state index is 12.1. The Morgan fingerprint density at radius 2 is 2.09 bits per heavy atom. The van der Waals surface area contributed by atoms with E-state index >= 15 is 0 Å². The molecule has 1 fully saturated rings. The van der Waals surface area contributed by atoms with Gasteiger partial charge in [-0.25, -0.2) is 14.3 Å². The van der Waals surface area contributed by atoms with Crippen LogP contribution in [0.5, 0.6) is 5.75 Å². The molecule has 1 N–H and O–H groups in total. The van der Waals surface area contributed by atoms with Gasteiger partial charge < -0.3 is 9.84 Å². The number of carbonyl (C=O) groups excluding carboxylic acids is 1. The van der Waals surface area contributed by atoms with Crippen molar-refractivity contribution >= 4 is 11.6 Å². The number of hydrogen-bond donors (Lipinski definition) is 1. The molecule has 2 aromatic heterocycles. The summed E-state index contributed by atoms with van der Waals surface area (Å²) in [4.78, 5) is 16.7.